The fraction of sp³-hybridized carbons (Fsp3) is 0.444. The summed E-state index contributed by atoms with van der Waals surface area (Å²) < 4.78 is 4.95. The van der Waals surface area contributed by atoms with Gasteiger partial charge < -0.3 is 25.1 Å². The summed E-state index contributed by atoms with van der Waals surface area (Å²) in [5, 5.41) is 28.9. The molecule has 6 nitrogen and oxygen atoms in total. The Labute approximate surface area is 86.1 Å². The van der Waals surface area contributed by atoms with E-state index < -0.39 is 12.1 Å². The molecule has 0 aliphatic heterocycles. The van der Waals surface area contributed by atoms with Crippen LogP contribution in [0.4, 0.5) is 0 Å². The van der Waals surface area contributed by atoms with E-state index >= 15 is 0 Å². The van der Waals surface area contributed by atoms with Crippen LogP contribution < -0.4 is 5.32 Å². The maximum absolute atomic E-state index is 10.5. The highest BCUT2D eigenvalue weighted by atomic mass is 16.4. The first kappa shape index (κ1) is 11.7. The van der Waals surface area contributed by atoms with Crippen LogP contribution in [0.25, 0.3) is 0 Å². The van der Waals surface area contributed by atoms with Gasteiger partial charge in [0.2, 0.25) is 0 Å². The topological polar surface area (TPSA) is 103 Å². The standard InChI is InChI=1S/C9H13NO5/c11-4-7(12)2-10-3-8-1-6(5-15-8)9(13)14/h1,5,7,10-12H,2-4H2,(H,13,14). The Bertz CT molecular complexity index is 322. The molecule has 0 aliphatic carbocycles. The van der Waals surface area contributed by atoms with Gasteiger partial charge in [0.05, 0.1) is 24.8 Å². The number of aromatic carboxylic acids is 1. The fourth-order valence-corrected chi connectivity index (χ4v) is 1.01. The Morgan fingerprint density at radius 2 is 2.33 bits per heavy atom. The van der Waals surface area contributed by atoms with Gasteiger partial charge >= 0.3 is 5.97 Å². The summed E-state index contributed by atoms with van der Waals surface area (Å²) in [5.74, 6) is -0.571. The second-order valence-electron chi connectivity index (χ2n) is 3.07. The quantitative estimate of drug-likeness (QED) is 0.506. The van der Waals surface area contributed by atoms with Crippen LogP contribution in [0.2, 0.25) is 0 Å². The minimum atomic E-state index is -1.04. The van der Waals surface area contributed by atoms with Crippen LogP contribution in [0.1, 0.15) is 16.1 Å². The molecule has 6 heteroatoms. The van der Waals surface area contributed by atoms with Gasteiger partial charge in [-0.15, -0.1) is 0 Å². The number of carbonyl (C=O) groups is 1. The lowest BCUT2D eigenvalue weighted by atomic mass is 10.3. The maximum atomic E-state index is 10.5. The molecule has 1 unspecified atom stereocenters. The highest BCUT2D eigenvalue weighted by molar-refractivity contribution is 5.87. The minimum Gasteiger partial charge on any atom is -0.478 e. The first-order valence-electron chi connectivity index (χ1n) is 4.44. The number of aliphatic hydroxyl groups excluding tert-OH is 2. The van der Waals surface area contributed by atoms with Crippen molar-refractivity contribution in [3.8, 4) is 0 Å². The number of carboxylic acid groups (broad SMARTS) is 1. The lowest BCUT2D eigenvalue weighted by Crippen LogP contribution is -2.28. The fourth-order valence-electron chi connectivity index (χ4n) is 1.01. The predicted molar refractivity (Wildman–Crippen MR) is 50.5 cm³/mol. The summed E-state index contributed by atoms with van der Waals surface area (Å²) in [5.41, 5.74) is 0.0921. The third-order valence-corrected chi connectivity index (χ3v) is 1.79. The maximum Gasteiger partial charge on any atom is 0.338 e. The average molecular weight is 215 g/mol. The summed E-state index contributed by atoms with van der Waals surface area (Å²) in [4.78, 5) is 10.5. The zero-order chi connectivity index (χ0) is 11.3. The van der Waals surface area contributed by atoms with Gasteiger partial charge in [-0.25, -0.2) is 4.79 Å². The molecule has 0 bridgehead atoms. The van der Waals surface area contributed by atoms with Crippen LogP contribution in [0.15, 0.2) is 16.7 Å². The van der Waals surface area contributed by atoms with Crippen LogP contribution in [0, 0.1) is 0 Å². The van der Waals surface area contributed by atoms with Crippen molar-refractivity contribution in [3.05, 3.63) is 23.7 Å². The third-order valence-electron chi connectivity index (χ3n) is 1.79. The van der Waals surface area contributed by atoms with Gasteiger partial charge in [0.1, 0.15) is 12.0 Å². The number of rotatable bonds is 6. The monoisotopic (exact) mass is 215 g/mol. The molecule has 15 heavy (non-hydrogen) atoms. The van der Waals surface area contributed by atoms with Gasteiger partial charge in [-0.3, -0.25) is 0 Å². The van der Waals surface area contributed by atoms with Crippen molar-refractivity contribution in [1.82, 2.24) is 5.32 Å². The van der Waals surface area contributed by atoms with E-state index in [1.807, 2.05) is 0 Å². The average Bonchev–Trinajstić information content (AvgIpc) is 2.66. The Morgan fingerprint density at radius 1 is 1.60 bits per heavy atom. The highest BCUT2D eigenvalue weighted by Crippen LogP contribution is 2.07. The highest BCUT2D eigenvalue weighted by Gasteiger charge is 2.08. The summed E-state index contributed by atoms with van der Waals surface area (Å²) >= 11 is 0. The molecule has 0 aromatic carbocycles. The van der Waals surface area contributed by atoms with E-state index in [9.17, 15) is 4.79 Å². The second-order valence-corrected chi connectivity index (χ2v) is 3.07. The van der Waals surface area contributed by atoms with E-state index in [0.29, 0.717) is 12.3 Å². The zero-order valence-electron chi connectivity index (χ0n) is 8.01. The van der Waals surface area contributed by atoms with Gasteiger partial charge in [0.25, 0.3) is 0 Å². The van der Waals surface area contributed by atoms with Crippen molar-refractivity contribution in [2.45, 2.75) is 12.6 Å². The predicted octanol–water partition coefficient (Wildman–Crippen LogP) is -0.579. The van der Waals surface area contributed by atoms with Crippen molar-refractivity contribution in [2.24, 2.45) is 0 Å². The van der Waals surface area contributed by atoms with Crippen LogP contribution in [0.5, 0.6) is 0 Å². The SMILES string of the molecule is O=C(O)c1coc(CNCC(O)CO)c1. The zero-order valence-corrected chi connectivity index (χ0v) is 8.01. The van der Waals surface area contributed by atoms with Crippen LogP contribution in [-0.2, 0) is 6.54 Å². The number of aliphatic hydroxyl groups is 2. The molecular formula is C9H13NO5. The first-order valence-corrected chi connectivity index (χ1v) is 4.44. The molecule has 0 fully saturated rings. The van der Waals surface area contributed by atoms with Gasteiger partial charge in [0, 0.05) is 6.54 Å². The number of carboxylic acids is 1. The Morgan fingerprint density at radius 3 is 2.87 bits per heavy atom. The summed E-state index contributed by atoms with van der Waals surface area (Å²) in [6.07, 6.45) is 0.334. The van der Waals surface area contributed by atoms with E-state index in [2.05, 4.69) is 5.32 Å². The summed E-state index contributed by atoms with van der Waals surface area (Å²) in [7, 11) is 0. The Kier molecular flexibility index (Phi) is 4.29. The normalized spacial score (nSPS) is 12.7. The molecule has 1 aromatic heterocycles. The molecule has 84 valence electrons. The van der Waals surface area contributed by atoms with Crippen molar-refractivity contribution < 1.29 is 24.5 Å². The van der Waals surface area contributed by atoms with E-state index in [1.54, 1.807) is 0 Å². The molecule has 1 atom stereocenters. The number of nitrogens with one attached hydrogen (secondary N) is 1. The largest absolute Gasteiger partial charge is 0.478 e. The van der Waals surface area contributed by atoms with Crippen molar-refractivity contribution in [1.29, 1.82) is 0 Å². The number of furan rings is 1. The molecule has 1 rings (SSSR count). The van der Waals surface area contributed by atoms with E-state index in [0.717, 1.165) is 6.26 Å². The minimum absolute atomic E-state index is 0.0921. The molecule has 0 saturated heterocycles. The first-order chi connectivity index (χ1) is 7.13. The van der Waals surface area contributed by atoms with Crippen LogP contribution in [0.3, 0.4) is 0 Å². The van der Waals surface area contributed by atoms with Gasteiger partial charge in [0.15, 0.2) is 0 Å². The van der Waals surface area contributed by atoms with Crippen molar-refractivity contribution >= 4 is 5.97 Å². The van der Waals surface area contributed by atoms with E-state index in [-0.39, 0.29) is 18.7 Å². The molecule has 0 aliphatic rings. The molecular weight excluding hydrogens is 202 g/mol. The second kappa shape index (κ2) is 5.50. The van der Waals surface area contributed by atoms with Crippen molar-refractivity contribution in [3.63, 3.8) is 0 Å². The third kappa shape index (κ3) is 3.70. The molecule has 0 radical (unpaired) electrons. The van der Waals surface area contributed by atoms with E-state index in [1.165, 1.54) is 6.07 Å². The lowest BCUT2D eigenvalue weighted by molar-refractivity contribution is 0.0696. The van der Waals surface area contributed by atoms with Gasteiger partial charge in [-0.05, 0) is 6.07 Å². The molecule has 0 amide bonds. The Hall–Kier alpha value is -1.37. The number of hydrogen-bond acceptors (Lipinski definition) is 5. The van der Waals surface area contributed by atoms with Gasteiger partial charge in [-0.2, -0.15) is 0 Å². The van der Waals surface area contributed by atoms with Gasteiger partial charge in [-0.1, -0.05) is 0 Å². The Balaban J connectivity index is 2.35. The lowest BCUT2D eigenvalue weighted by Gasteiger charge is -2.06. The molecule has 1 heterocycles. The molecule has 0 spiro atoms. The molecule has 4 N–H and O–H groups in total. The van der Waals surface area contributed by atoms with Crippen LogP contribution >= 0.6 is 0 Å². The number of hydrogen-bond donors (Lipinski definition) is 4. The smallest absolute Gasteiger partial charge is 0.338 e. The van der Waals surface area contributed by atoms with Crippen molar-refractivity contribution in [2.75, 3.05) is 13.2 Å². The summed E-state index contributed by atoms with van der Waals surface area (Å²) in [6.45, 7) is 0.218. The molecule has 0 saturated carbocycles. The van der Waals surface area contributed by atoms with E-state index in [4.69, 9.17) is 19.7 Å². The van der Waals surface area contributed by atoms with Crippen LogP contribution in [-0.4, -0.2) is 40.5 Å². The molecule has 1 aromatic rings. The summed E-state index contributed by atoms with van der Waals surface area (Å²) in [6, 6.07) is 1.40.